The highest BCUT2D eigenvalue weighted by Gasteiger charge is 2.37. The maximum Gasteiger partial charge on any atom is 0.245 e. The van der Waals surface area contributed by atoms with Crippen LogP contribution < -0.4 is 11.1 Å². The van der Waals surface area contributed by atoms with E-state index in [0.717, 1.165) is 88.8 Å². The number of hydrogen-bond donors (Lipinski definition) is 2. The first kappa shape index (κ1) is 36.8. The standard InChI is InChI=1S/C31H60N4O7/c1-26-8-10-34(12-18-38-14-5-4-6-15-41-25-31(37)33-3)22-28(26)29-23-35(11-9-27(29)2)13-19-39-16-7-17-40-20-21-42-24-30(32)36/h26-29H,4-25H2,1-3H3,(H2,32,36)(H,33,37)/t26-,27+,28?,29?/m1/s1. The Balaban J connectivity index is 1.54. The fourth-order valence-corrected chi connectivity index (χ4v) is 5.93. The third-order valence-electron chi connectivity index (χ3n) is 8.64. The van der Waals surface area contributed by atoms with Crippen LogP contribution in [0.15, 0.2) is 0 Å². The summed E-state index contributed by atoms with van der Waals surface area (Å²) in [6.45, 7) is 16.8. The Morgan fingerprint density at radius 3 is 1.69 bits per heavy atom. The Labute approximate surface area is 254 Å². The molecule has 246 valence electrons. The lowest BCUT2D eigenvalue weighted by molar-refractivity contribution is -0.125. The molecule has 2 fully saturated rings. The molecule has 4 atom stereocenters. The third-order valence-corrected chi connectivity index (χ3v) is 8.64. The molecule has 0 spiro atoms. The molecule has 2 heterocycles. The molecule has 3 N–H and O–H groups in total. The van der Waals surface area contributed by atoms with Crippen LogP contribution in [0.3, 0.4) is 0 Å². The minimum Gasteiger partial charge on any atom is -0.380 e. The molecule has 0 bridgehead atoms. The number of hydrogen-bond acceptors (Lipinski definition) is 9. The van der Waals surface area contributed by atoms with Gasteiger partial charge in [0.1, 0.15) is 13.2 Å². The number of unbranched alkanes of at least 4 members (excludes halogenated alkanes) is 2. The zero-order valence-corrected chi connectivity index (χ0v) is 26.7. The molecule has 11 heteroatoms. The minimum absolute atomic E-state index is 0.0576. The van der Waals surface area contributed by atoms with Crippen molar-refractivity contribution in [2.45, 2.75) is 52.4 Å². The Morgan fingerprint density at radius 1 is 0.667 bits per heavy atom. The van der Waals surface area contributed by atoms with Gasteiger partial charge in [-0.05, 0) is 75.3 Å². The second kappa shape index (κ2) is 23.1. The summed E-state index contributed by atoms with van der Waals surface area (Å²) in [5.74, 6) is 2.45. The number of likely N-dealkylation sites (N-methyl/N-ethyl adjacent to an activating group) is 1. The zero-order valence-electron chi connectivity index (χ0n) is 26.7. The van der Waals surface area contributed by atoms with Gasteiger partial charge in [0.05, 0.1) is 26.4 Å². The summed E-state index contributed by atoms with van der Waals surface area (Å²) in [4.78, 5) is 27.0. The number of nitrogens with zero attached hydrogens (tertiary/aromatic N) is 2. The molecule has 0 saturated carbocycles. The van der Waals surface area contributed by atoms with Crippen LogP contribution in [0, 0.1) is 23.7 Å². The number of likely N-dealkylation sites (tertiary alicyclic amines) is 2. The molecule has 2 saturated heterocycles. The summed E-state index contributed by atoms with van der Waals surface area (Å²) >= 11 is 0. The number of carbonyl (C=O) groups excluding carboxylic acids is 2. The van der Waals surface area contributed by atoms with Crippen molar-refractivity contribution in [2.75, 3.05) is 112 Å². The van der Waals surface area contributed by atoms with Crippen molar-refractivity contribution in [3.63, 3.8) is 0 Å². The van der Waals surface area contributed by atoms with E-state index in [4.69, 9.17) is 29.4 Å². The van der Waals surface area contributed by atoms with Gasteiger partial charge in [0.2, 0.25) is 11.8 Å². The van der Waals surface area contributed by atoms with Gasteiger partial charge in [-0.25, -0.2) is 0 Å². The summed E-state index contributed by atoms with van der Waals surface area (Å²) < 4.78 is 27.8. The van der Waals surface area contributed by atoms with Gasteiger partial charge in [-0.3, -0.25) is 9.59 Å². The smallest absolute Gasteiger partial charge is 0.245 e. The van der Waals surface area contributed by atoms with E-state index in [1.54, 1.807) is 7.05 Å². The fourth-order valence-electron chi connectivity index (χ4n) is 5.93. The monoisotopic (exact) mass is 600 g/mol. The van der Waals surface area contributed by atoms with Crippen molar-refractivity contribution in [1.82, 2.24) is 15.1 Å². The third kappa shape index (κ3) is 16.5. The van der Waals surface area contributed by atoms with E-state index in [2.05, 4.69) is 29.0 Å². The molecule has 11 nitrogen and oxygen atoms in total. The highest BCUT2D eigenvalue weighted by Crippen LogP contribution is 2.37. The minimum atomic E-state index is -0.461. The fraction of sp³-hybridized carbons (Fsp3) is 0.935. The van der Waals surface area contributed by atoms with Gasteiger partial charge in [0.25, 0.3) is 0 Å². The first-order chi connectivity index (χ1) is 20.4. The lowest BCUT2D eigenvalue weighted by Gasteiger charge is -2.47. The predicted molar refractivity (Wildman–Crippen MR) is 163 cm³/mol. The van der Waals surface area contributed by atoms with Crippen LogP contribution >= 0.6 is 0 Å². The van der Waals surface area contributed by atoms with Crippen molar-refractivity contribution >= 4 is 11.8 Å². The van der Waals surface area contributed by atoms with Crippen molar-refractivity contribution in [3.8, 4) is 0 Å². The molecule has 2 unspecified atom stereocenters. The topological polar surface area (TPSA) is 125 Å². The lowest BCUT2D eigenvalue weighted by Crippen LogP contribution is -2.51. The van der Waals surface area contributed by atoms with Gasteiger partial charge >= 0.3 is 0 Å². The number of ether oxygens (including phenoxy) is 5. The van der Waals surface area contributed by atoms with E-state index in [9.17, 15) is 9.59 Å². The normalized spacial score (nSPS) is 23.7. The maximum absolute atomic E-state index is 11.1. The summed E-state index contributed by atoms with van der Waals surface area (Å²) in [5, 5.41) is 2.56. The van der Waals surface area contributed by atoms with E-state index >= 15 is 0 Å². The Morgan fingerprint density at radius 2 is 1.14 bits per heavy atom. The lowest BCUT2D eigenvalue weighted by atomic mass is 9.70. The molecule has 2 aliphatic rings. The molecule has 0 aromatic heterocycles. The first-order valence-corrected chi connectivity index (χ1v) is 16.2. The largest absolute Gasteiger partial charge is 0.380 e. The van der Waals surface area contributed by atoms with Crippen LogP contribution in [-0.4, -0.2) is 134 Å². The highest BCUT2D eigenvalue weighted by atomic mass is 16.5. The molecule has 2 aliphatic heterocycles. The van der Waals surface area contributed by atoms with Crippen LogP contribution in [0.25, 0.3) is 0 Å². The first-order valence-electron chi connectivity index (χ1n) is 16.2. The number of primary amides is 1. The average molecular weight is 601 g/mol. The molecule has 2 rings (SSSR count). The number of piperidine rings is 2. The van der Waals surface area contributed by atoms with Crippen LogP contribution in [0.1, 0.15) is 52.4 Å². The molecule has 42 heavy (non-hydrogen) atoms. The van der Waals surface area contributed by atoms with Gasteiger partial charge in [-0.2, -0.15) is 0 Å². The van der Waals surface area contributed by atoms with Gasteiger partial charge in [-0.1, -0.05) is 13.8 Å². The van der Waals surface area contributed by atoms with Gasteiger partial charge < -0.3 is 44.5 Å². The number of nitrogens with two attached hydrogens (primary N) is 1. The van der Waals surface area contributed by atoms with Crippen LogP contribution in [-0.2, 0) is 33.3 Å². The molecular formula is C31H60N4O7. The average Bonchev–Trinajstić information content (AvgIpc) is 2.98. The van der Waals surface area contributed by atoms with Crippen molar-refractivity contribution in [3.05, 3.63) is 0 Å². The van der Waals surface area contributed by atoms with Gasteiger partial charge in [0, 0.05) is 59.7 Å². The molecule has 0 aromatic rings. The summed E-state index contributed by atoms with van der Waals surface area (Å²) in [7, 11) is 1.62. The Hall–Kier alpha value is -1.34. The van der Waals surface area contributed by atoms with Crippen LogP contribution in [0.4, 0.5) is 0 Å². The number of rotatable bonds is 24. The SMILES string of the molecule is CNC(=O)COCCCCCOCCN1CC[C@@H](C)C(C2CN(CCOCCCOCCOCC(N)=O)CC[C@@H]2C)C1. The van der Waals surface area contributed by atoms with Crippen molar-refractivity contribution in [1.29, 1.82) is 0 Å². The Kier molecular flexibility index (Phi) is 20.3. The molecule has 2 amide bonds. The van der Waals surface area contributed by atoms with Crippen molar-refractivity contribution < 1.29 is 33.3 Å². The summed E-state index contributed by atoms with van der Waals surface area (Å²) in [6.07, 6.45) is 6.44. The van der Waals surface area contributed by atoms with Crippen LogP contribution in [0.2, 0.25) is 0 Å². The number of amides is 2. The van der Waals surface area contributed by atoms with E-state index in [-0.39, 0.29) is 19.1 Å². The molecular weight excluding hydrogens is 540 g/mol. The predicted octanol–water partition coefficient (Wildman–Crippen LogP) is 1.78. The zero-order chi connectivity index (χ0) is 30.4. The molecule has 0 aromatic carbocycles. The summed E-state index contributed by atoms with van der Waals surface area (Å²) in [6, 6.07) is 0. The van der Waals surface area contributed by atoms with Gasteiger partial charge in [0.15, 0.2) is 0 Å². The van der Waals surface area contributed by atoms with E-state index in [0.29, 0.717) is 33.0 Å². The van der Waals surface area contributed by atoms with E-state index < -0.39 is 5.91 Å². The highest BCUT2D eigenvalue weighted by molar-refractivity contribution is 5.76. The summed E-state index contributed by atoms with van der Waals surface area (Å²) in [5.41, 5.74) is 5.03. The Bertz CT molecular complexity index is 717. The second-order valence-electron chi connectivity index (χ2n) is 12.0. The van der Waals surface area contributed by atoms with Crippen LogP contribution in [0.5, 0.6) is 0 Å². The van der Waals surface area contributed by atoms with Crippen molar-refractivity contribution in [2.24, 2.45) is 29.4 Å². The maximum atomic E-state index is 11.1. The number of nitrogens with one attached hydrogen (secondary N) is 1. The number of carbonyl (C=O) groups is 2. The van der Waals surface area contributed by atoms with Gasteiger partial charge in [-0.15, -0.1) is 0 Å². The molecule has 0 radical (unpaired) electrons. The van der Waals surface area contributed by atoms with E-state index in [1.165, 1.54) is 32.5 Å². The van der Waals surface area contributed by atoms with E-state index in [1.807, 2.05) is 0 Å². The second-order valence-corrected chi connectivity index (χ2v) is 12.0. The quantitative estimate of drug-likeness (QED) is 0.160. The molecule has 0 aliphatic carbocycles.